The van der Waals surface area contributed by atoms with E-state index in [4.69, 9.17) is 0 Å². The molecule has 0 aliphatic carbocycles. The van der Waals surface area contributed by atoms with Crippen molar-refractivity contribution >= 4 is 33.8 Å². The van der Waals surface area contributed by atoms with E-state index in [0.29, 0.717) is 0 Å². The molecule has 9 heteroatoms. The maximum Gasteiger partial charge on any atom is 0.420 e. The number of halogens is 4. The number of alkyl halides is 3. The lowest BCUT2D eigenvalue weighted by Crippen LogP contribution is -2.08. The third-order valence-electron chi connectivity index (χ3n) is 2.52. The van der Waals surface area contributed by atoms with Gasteiger partial charge in [-0.3, -0.25) is 9.20 Å². The van der Waals surface area contributed by atoms with Crippen LogP contribution in [-0.4, -0.2) is 28.7 Å². The van der Waals surface area contributed by atoms with E-state index >= 15 is 0 Å². The van der Waals surface area contributed by atoms with Crippen molar-refractivity contribution in [3.63, 3.8) is 0 Å². The maximum atomic E-state index is 12.9. The zero-order valence-corrected chi connectivity index (χ0v) is 11.4. The highest BCUT2D eigenvalue weighted by molar-refractivity contribution is 9.10. The van der Waals surface area contributed by atoms with Crippen molar-refractivity contribution in [1.82, 2.24) is 9.38 Å². The van der Waals surface area contributed by atoms with Crippen LogP contribution < -0.4 is 0 Å². The van der Waals surface area contributed by atoms with Crippen molar-refractivity contribution in [2.45, 2.75) is 6.18 Å². The molecule has 5 nitrogen and oxygen atoms in total. The second-order valence-electron chi connectivity index (χ2n) is 3.72. The van der Waals surface area contributed by atoms with E-state index in [2.05, 4.69) is 25.7 Å². The highest BCUT2D eigenvalue weighted by Gasteiger charge is 2.36. The minimum atomic E-state index is -4.68. The number of nitrogens with zero attached hydrogens (tertiary/aromatic N) is 2. The van der Waals surface area contributed by atoms with Crippen molar-refractivity contribution in [2.75, 3.05) is 7.11 Å². The number of imidazole rings is 1. The number of rotatable bonds is 2. The van der Waals surface area contributed by atoms with Gasteiger partial charge in [-0.05, 0) is 22.0 Å². The number of hydrogen-bond acceptors (Lipinski definition) is 4. The molecule has 0 saturated carbocycles. The van der Waals surface area contributed by atoms with Crippen molar-refractivity contribution in [3.05, 3.63) is 33.7 Å². The first-order valence-corrected chi connectivity index (χ1v) is 5.91. The monoisotopic (exact) mass is 350 g/mol. The molecule has 0 spiro atoms. The van der Waals surface area contributed by atoms with Gasteiger partial charge in [0.25, 0.3) is 0 Å². The topological polar surface area (TPSA) is 60.7 Å². The summed E-state index contributed by atoms with van der Waals surface area (Å²) in [6.07, 6.45) is -3.21. The molecule has 0 fully saturated rings. The Labute approximate surface area is 118 Å². The number of fused-ring (bicyclic) bond motifs is 1. The largest absolute Gasteiger partial charge is 0.464 e. The van der Waals surface area contributed by atoms with Gasteiger partial charge >= 0.3 is 12.1 Å². The Bertz CT molecular complexity index is 709. The molecule has 0 saturated heterocycles. The van der Waals surface area contributed by atoms with Gasteiger partial charge in [0.15, 0.2) is 17.6 Å². The second kappa shape index (κ2) is 4.89. The molecule has 0 unspecified atom stereocenters. The van der Waals surface area contributed by atoms with E-state index in [0.717, 1.165) is 17.6 Å². The number of aromatic nitrogens is 2. The number of hydrogen-bond donors (Lipinski definition) is 0. The summed E-state index contributed by atoms with van der Waals surface area (Å²) in [5, 5.41) is 0. The SMILES string of the molecule is COC(=O)c1nc2c(C(F)(F)F)cc(Br)cn2c1C=O. The molecule has 2 aromatic rings. The maximum absolute atomic E-state index is 12.9. The Morgan fingerprint density at radius 2 is 2.15 bits per heavy atom. The molecule has 0 aromatic carbocycles. The molecule has 0 aliphatic heterocycles. The number of methoxy groups -OCH3 is 1. The fourth-order valence-corrected chi connectivity index (χ4v) is 2.13. The average Bonchev–Trinajstić information content (AvgIpc) is 2.73. The van der Waals surface area contributed by atoms with Gasteiger partial charge < -0.3 is 4.74 Å². The van der Waals surface area contributed by atoms with E-state index in [1.54, 1.807) is 0 Å². The van der Waals surface area contributed by atoms with E-state index in [9.17, 15) is 22.8 Å². The van der Waals surface area contributed by atoms with E-state index < -0.39 is 29.1 Å². The molecule has 2 rings (SSSR count). The molecule has 2 aromatic heterocycles. The number of ether oxygens (including phenoxy) is 1. The van der Waals surface area contributed by atoms with Crippen LogP contribution in [0.1, 0.15) is 26.5 Å². The normalized spacial score (nSPS) is 11.7. The Morgan fingerprint density at radius 3 is 2.65 bits per heavy atom. The summed E-state index contributed by atoms with van der Waals surface area (Å²) >= 11 is 2.92. The Kier molecular flexibility index (Phi) is 3.55. The van der Waals surface area contributed by atoms with Crippen LogP contribution in [0, 0.1) is 0 Å². The van der Waals surface area contributed by atoms with Gasteiger partial charge in [0.2, 0.25) is 0 Å². The third kappa shape index (κ3) is 2.28. The number of aldehydes is 1. The highest BCUT2D eigenvalue weighted by Crippen LogP contribution is 2.34. The van der Waals surface area contributed by atoms with Crippen LogP contribution in [0.4, 0.5) is 13.2 Å². The van der Waals surface area contributed by atoms with Gasteiger partial charge in [0.1, 0.15) is 5.69 Å². The van der Waals surface area contributed by atoms with Crippen LogP contribution in [0.5, 0.6) is 0 Å². The van der Waals surface area contributed by atoms with Crippen molar-refractivity contribution in [1.29, 1.82) is 0 Å². The molecular weight excluding hydrogens is 345 g/mol. The van der Waals surface area contributed by atoms with Crippen LogP contribution in [0.15, 0.2) is 16.7 Å². The fraction of sp³-hybridized carbons (Fsp3) is 0.182. The van der Waals surface area contributed by atoms with Gasteiger partial charge in [-0.15, -0.1) is 0 Å². The van der Waals surface area contributed by atoms with Gasteiger partial charge in [0, 0.05) is 10.7 Å². The van der Waals surface area contributed by atoms with Gasteiger partial charge in [0.05, 0.1) is 12.7 Å². The van der Waals surface area contributed by atoms with Crippen molar-refractivity contribution < 1.29 is 27.5 Å². The molecule has 106 valence electrons. The lowest BCUT2D eigenvalue weighted by molar-refractivity contribution is -0.136. The molecule has 2 heterocycles. The third-order valence-corrected chi connectivity index (χ3v) is 2.95. The average molecular weight is 351 g/mol. The Balaban J connectivity index is 2.89. The highest BCUT2D eigenvalue weighted by atomic mass is 79.9. The lowest BCUT2D eigenvalue weighted by Gasteiger charge is -2.08. The number of carbonyl (C=O) groups excluding carboxylic acids is 2. The Morgan fingerprint density at radius 1 is 1.50 bits per heavy atom. The smallest absolute Gasteiger partial charge is 0.420 e. The molecule has 0 N–H and O–H groups in total. The van der Waals surface area contributed by atoms with E-state index in [1.165, 1.54) is 6.20 Å². The molecular formula is C11H6BrF3N2O3. The predicted molar refractivity (Wildman–Crippen MR) is 64.6 cm³/mol. The van der Waals surface area contributed by atoms with Crippen LogP contribution in [0.3, 0.4) is 0 Å². The lowest BCUT2D eigenvalue weighted by atomic mass is 10.2. The second-order valence-corrected chi connectivity index (χ2v) is 4.63. The summed E-state index contributed by atoms with van der Waals surface area (Å²) in [5.41, 5.74) is -2.38. The summed E-state index contributed by atoms with van der Waals surface area (Å²) < 4.78 is 44.2. The predicted octanol–water partition coefficient (Wildman–Crippen LogP) is 2.71. The Hall–Kier alpha value is -1.90. The van der Waals surface area contributed by atoms with Crippen LogP contribution in [-0.2, 0) is 10.9 Å². The van der Waals surface area contributed by atoms with Crippen LogP contribution >= 0.6 is 15.9 Å². The van der Waals surface area contributed by atoms with E-state index in [1.807, 2.05) is 0 Å². The first kappa shape index (κ1) is 14.5. The van der Waals surface area contributed by atoms with Gasteiger partial charge in [-0.25, -0.2) is 9.78 Å². The molecule has 20 heavy (non-hydrogen) atoms. The van der Waals surface area contributed by atoms with Gasteiger partial charge in [-0.1, -0.05) is 0 Å². The molecule has 0 bridgehead atoms. The molecule has 0 amide bonds. The van der Waals surface area contributed by atoms with E-state index in [-0.39, 0.29) is 16.5 Å². The van der Waals surface area contributed by atoms with Crippen LogP contribution in [0.25, 0.3) is 5.65 Å². The summed E-state index contributed by atoms with van der Waals surface area (Å²) in [6.45, 7) is 0. The number of pyridine rings is 1. The molecule has 0 atom stereocenters. The summed E-state index contributed by atoms with van der Waals surface area (Å²) in [6, 6.07) is 0.817. The summed E-state index contributed by atoms with van der Waals surface area (Å²) in [5.74, 6) is -0.986. The molecule has 0 radical (unpaired) electrons. The summed E-state index contributed by atoms with van der Waals surface area (Å²) in [4.78, 5) is 26.1. The number of carbonyl (C=O) groups is 2. The first-order chi connectivity index (χ1) is 9.29. The molecule has 0 aliphatic rings. The van der Waals surface area contributed by atoms with Crippen molar-refractivity contribution in [2.24, 2.45) is 0 Å². The zero-order valence-electron chi connectivity index (χ0n) is 9.86. The number of esters is 1. The standard InChI is InChI=1S/C11H6BrF3N2O3/c1-20-10(19)8-7(4-18)17-3-5(12)2-6(9(17)16-8)11(13,14)15/h2-4H,1H3. The quantitative estimate of drug-likeness (QED) is 0.617. The minimum Gasteiger partial charge on any atom is -0.464 e. The summed E-state index contributed by atoms with van der Waals surface area (Å²) in [7, 11) is 1.04. The zero-order chi connectivity index (χ0) is 15.1. The van der Waals surface area contributed by atoms with Gasteiger partial charge in [-0.2, -0.15) is 13.2 Å². The minimum absolute atomic E-state index is 0.0919. The van der Waals surface area contributed by atoms with Crippen LogP contribution in [0.2, 0.25) is 0 Å². The first-order valence-electron chi connectivity index (χ1n) is 5.12. The fourth-order valence-electron chi connectivity index (χ4n) is 1.70. The van der Waals surface area contributed by atoms with Crippen molar-refractivity contribution in [3.8, 4) is 0 Å².